The van der Waals surface area contributed by atoms with Gasteiger partial charge in [-0.05, 0) is 71.0 Å². The average molecular weight is 427 g/mol. The van der Waals surface area contributed by atoms with Gasteiger partial charge in [-0.25, -0.2) is 4.79 Å². The van der Waals surface area contributed by atoms with Gasteiger partial charge in [-0.15, -0.1) is 0 Å². The van der Waals surface area contributed by atoms with Crippen LogP contribution in [0.1, 0.15) is 101 Å². The van der Waals surface area contributed by atoms with Crippen molar-refractivity contribution < 1.29 is 19.7 Å². The highest BCUT2D eigenvalue weighted by Crippen LogP contribution is 2.42. The van der Waals surface area contributed by atoms with Gasteiger partial charge in [0.1, 0.15) is 11.5 Å². The molecular formula is C27H38O4. The first-order chi connectivity index (χ1) is 14.2. The first kappa shape index (κ1) is 24.8. The molecule has 31 heavy (non-hydrogen) atoms. The molecule has 0 spiro atoms. The molecule has 2 rings (SSSR count). The quantitative estimate of drug-likeness (QED) is 0.382. The van der Waals surface area contributed by atoms with Crippen LogP contribution in [0.25, 0.3) is 0 Å². The molecule has 0 fully saturated rings. The zero-order valence-electron chi connectivity index (χ0n) is 20.5. The Bertz CT molecular complexity index is 959. The highest BCUT2D eigenvalue weighted by atomic mass is 16.7. The lowest BCUT2D eigenvalue weighted by molar-refractivity contribution is 0.143. The van der Waals surface area contributed by atoms with Crippen molar-refractivity contribution in [2.24, 2.45) is 0 Å². The van der Waals surface area contributed by atoms with Crippen molar-refractivity contribution in [3.8, 4) is 11.5 Å². The molecule has 4 nitrogen and oxygen atoms in total. The predicted molar refractivity (Wildman–Crippen MR) is 127 cm³/mol. The Balaban J connectivity index is 2.77. The molecular weight excluding hydrogens is 388 g/mol. The van der Waals surface area contributed by atoms with Gasteiger partial charge in [0.25, 0.3) is 0 Å². The van der Waals surface area contributed by atoms with Crippen molar-refractivity contribution >= 4 is 6.16 Å². The maximum Gasteiger partial charge on any atom is 0.511 e. The van der Waals surface area contributed by atoms with Crippen molar-refractivity contribution in [2.45, 2.75) is 91.9 Å². The van der Waals surface area contributed by atoms with Crippen LogP contribution < -0.4 is 4.74 Å². The number of rotatable bonds is 5. The maximum atomic E-state index is 11.3. The topological polar surface area (TPSA) is 66.8 Å². The number of carbonyl (C=O) groups is 1. The Morgan fingerprint density at radius 1 is 0.903 bits per heavy atom. The summed E-state index contributed by atoms with van der Waals surface area (Å²) < 4.78 is 5.14. The molecule has 0 bridgehead atoms. The van der Waals surface area contributed by atoms with Gasteiger partial charge >= 0.3 is 6.16 Å². The zero-order chi connectivity index (χ0) is 23.7. The van der Waals surface area contributed by atoms with E-state index in [4.69, 9.17) is 4.74 Å². The minimum absolute atomic E-state index is 0.145. The molecule has 2 N–H and O–H groups in total. The molecule has 0 aliphatic carbocycles. The summed E-state index contributed by atoms with van der Waals surface area (Å²) >= 11 is 0. The molecule has 0 aliphatic rings. The average Bonchev–Trinajstić information content (AvgIpc) is 2.58. The third kappa shape index (κ3) is 5.61. The van der Waals surface area contributed by atoms with E-state index in [1.54, 1.807) is 0 Å². The van der Waals surface area contributed by atoms with Crippen LogP contribution in [0.4, 0.5) is 4.79 Å². The number of hydrogen-bond acceptors (Lipinski definition) is 3. The van der Waals surface area contributed by atoms with E-state index in [1.165, 1.54) is 11.1 Å². The Labute approximate surface area is 187 Å². The second-order valence-corrected chi connectivity index (χ2v) is 10.6. The van der Waals surface area contributed by atoms with Crippen molar-refractivity contribution in [1.82, 2.24) is 0 Å². The lowest BCUT2D eigenvalue weighted by Crippen LogP contribution is -2.18. The van der Waals surface area contributed by atoms with Crippen LogP contribution in [-0.2, 0) is 10.8 Å². The minimum atomic E-state index is -1.30. The number of phenolic OH excluding ortho intramolecular Hbond substituents is 1. The molecule has 0 saturated heterocycles. The molecule has 1 atom stereocenters. The summed E-state index contributed by atoms with van der Waals surface area (Å²) in [4.78, 5) is 11.3. The summed E-state index contributed by atoms with van der Waals surface area (Å²) in [6.07, 6.45) is 0.665. The normalized spacial score (nSPS) is 13.2. The summed E-state index contributed by atoms with van der Waals surface area (Å²) in [5.41, 5.74) is 5.83. The molecule has 1 unspecified atom stereocenters. The van der Waals surface area contributed by atoms with E-state index in [-0.39, 0.29) is 16.7 Å². The van der Waals surface area contributed by atoms with E-state index in [9.17, 15) is 15.0 Å². The van der Waals surface area contributed by atoms with Crippen molar-refractivity contribution in [2.75, 3.05) is 0 Å². The summed E-state index contributed by atoms with van der Waals surface area (Å²) in [7, 11) is 0. The SMILES string of the molecule is CCCC(c1cc(C(C)(C)C)c(O)cc1C)c1cc(C(C)(C)C)c(OC(=O)O)cc1C. The third-order valence-corrected chi connectivity index (χ3v) is 5.89. The number of hydrogen-bond donors (Lipinski definition) is 2. The minimum Gasteiger partial charge on any atom is -0.508 e. The predicted octanol–water partition coefficient (Wildman–Crippen LogP) is 7.59. The smallest absolute Gasteiger partial charge is 0.508 e. The molecule has 0 aromatic heterocycles. The van der Waals surface area contributed by atoms with Gasteiger partial charge in [0, 0.05) is 11.5 Å². The van der Waals surface area contributed by atoms with Crippen molar-refractivity contribution in [3.05, 3.63) is 57.6 Å². The molecule has 2 aromatic rings. The third-order valence-electron chi connectivity index (χ3n) is 5.89. The number of phenols is 1. The molecule has 0 saturated carbocycles. The van der Waals surface area contributed by atoms with Crippen LogP contribution in [0, 0.1) is 13.8 Å². The van der Waals surface area contributed by atoms with Crippen LogP contribution in [0.3, 0.4) is 0 Å². The maximum absolute atomic E-state index is 11.3. The number of aryl methyl sites for hydroxylation is 2. The van der Waals surface area contributed by atoms with Gasteiger partial charge in [-0.1, -0.05) is 67.0 Å². The molecule has 0 aliphatic heterocycles. The first-order valence-electron chi connectivity index (χ1n) is 11.1. The lowest BCUT2D eigenvalue weighted by Gasteiger charge is -2.29. The standard InChI is InChI=1S/C27H38O4/c1-10-11-18(19-14-21(26(4,5)6)23(28)12-16(19)2)20-15-22(27(7,8)9)24(13-17(20)3)31-25(29)30/h12-15,18,28H,10-11H2,1-9H3,(H,29,30). The second kappa shape index (κ2) is 8.94. The van der Waals surface area contributed by atoms with Crippen LogP contribution in [0.5, 0.6) is 11.5 Å². The molecule has 4 heteroatoms. The van der Waals surface area contributed by atoms with E-state index in [1.807, 2.05) is 26.0 Å². The molecule has 0 radical (unpaired) electrons. The highest BCUT2D eigenvalue weighted by Gasteiger charge is 2.27. The largest absolute Gasteiger partial charge is 0.511 e. The Hall–Kier alpha value is -2.49. The number of ether oxygens (including phenoxy) is 1. The van der Waals surface area contributed by atoms with E-state index < -0.39 is 6.16 Å². The number of carboxylic acid groups (broad SMARTS) is 1. The fourth-order valence-electron chi connectivity index (χ4n) is 4.29. The van der Waals surface area contributed by atoms with Gasteiger partial charge in [-0.3, -0.25) is 0 Å². The second-order valence-electron chi connectivity index (χ2n) is 10.6. The molecule has 2 aromatic carbocycles. The summed E-state index contributed by atoms with van der Waals surface area (Å²) in [6, 6.07) is 8.01. The highest BCUT2D eigenvalue weighted by molar-refractivity contribution is 5.63. The fourth-order valence-corrected chi connectivity index (χ4v) is 4.29. The number of aromatic hydroxyl groups is 1. The number of benzene rings is 2. The van der Waals surface area contributed by atoms with Gasteiger partial charge in [0.05, 0.1) is 0 Å². The van der Waals surface area contributed by atoms with E-state index >= 15 is 0 Å². The fraction of sp³-hybridized carbons (Fsp3) is 0.519. The summed E-state index contributed by atoms with van der Waals surface area (Å²) in [5.74, 6) is 0.877. The molecule has 0 heterocycles. The van der Waals surface area contributed by atoms with Gasteiger partial charge < -0.3 is 14.9 Å². The zero-order valence-corrected chi connectivity index (χ0v) is 20.5. The lowest BCUT2D eigenvalue weighted by atomic mass is 9.76. The van der Waals surface area contributed by atoms with Crippen molar-refractivity contribution in [1.29, 1.82) is 0 Å². The molecule has 0 amide bonds. The monoisotopic (exact) mass is 426 g/mol. The van der Waals surface area contributed by atoms with Crippen LogP contribution >= 0.6 is 0 Å². The van der Waals surface area contributed by atoms with E-state index in [0.717, 1.165) is 35.1 Å². The van der Waals surface area contributed by atoms with Crippen LogP contribution in [0.2, 0.25) is 0 Å². The summed E-state index contributed by atoms with van der Waals surface area (Å²) in [5, 5.41) is 19.8. The Morgan fingerprint density at radius 3 is 1.84 bits per heavy atom. The first-order valence-corrected chi connectivity index (χ1v) is 11.1. The van der Waals surface area contributed by atoms with Crippen LogP contribution in [-0.4, -0.2) is 16.4 Å². The van der Waals surface area contributed by atoms with E-state index in [2.05, 4.69) is 60.6 Å². The van der Waals surface area contributed by atoms with Crippen LogP contribution in [0.15, 0.2) is 24.3 Å². The summed E-state index contributed by atoms with van der Waals surface area (Å²) in [6.45, 7) is 18.8. The Kier molecular flexibility index (Phi) is 7.14. The Morgan fingerprint density at radius 2 is 1.39 bits per heavy atom. The molecule has 170 valence electrons. The van der Waals surface area contributed by atoms with Crippen molar-refractivity contribution in [3.63, 3.8) is 0 Å². The van der Waals surface area contributed by atoms with Gasteiger partial charge in [0.2, 0.25) is 0 Å². The van der Waals surface area contributed by atoms with Gasteiger partial charge in [0.15, 0.2) is 0 Å². The van der Waals surface area contributed by atoms with Gasteiger partial charge in [-0.2, -0.15) is 0 Å². The van der Waals surface area contributed by atoms with E-state index in [0.29, 0.717) is 11.5 Å².